The first-order valence-corrected chi connectivity index (χ1v) is 7.22. The Morgan fingerprint density at radius 3 is 2.74 bits per heavy atom. The van der Waals surface area contributed by atoms with Crippen LogP contribution in [0.3, 0.4) is 0 Å². The lowest BCUT2D eigenvalue weighted by atomic mass is 9.92. The molecule has 1 aliphatic rings. The van der Waals surface area contributed by atoms with E-state index in [0.717, 1.165) is 11.5 Å². The Labute approximate surface area is 114 Å². The van der Waals surface area contributed by atoms with E-state index in [9.17, 15) is 14.7 Å². The van der Waals surface area contributed by atoms with Gasteiger partial charge >= 0.3 is 5.97 Å². The van der Waals surface area contributed by atoms with E-state index in [2.05, 4.69) is 15.4 Å². The molecule has 1 aromatic rings. The van der Waals surface area contributed by atoms with Crippen LogP contribution >= 0.6 is 11.8 Å². The van der Waals surface area contributed by atoms with Gasteiger partial charge in [0.15, 0.2) is 0 Å². The van der Waals surface area contributed by atoms with Gasteiger partial charge in [-0.1, -0.05) is 0 Å². The fourth-order valence-corrected chi connectivity index (χ4v) is 3.20. The lowest BCUT2D eigenvalue weighted by Gasteiger charge is -2.33. The van der Waals surface area contributed by atoms with Gasteiger partial charge in [-0.05, 0) is 24.3 Å². The van der Waals surface area contributed by atoms with Crippen molar-refractivity contribution < 1.29 is 14.7 Å². The summed E-state index contributed by atoms with van der Waals surface area (Å²) in [5, 5.41) is 15.9. The number of hydrogen-bond donors (Lipinski definition) is 2. The van der Waals surface area contributed by atoms with E-state index >= 15 is 0 Å². The number of carbonyl (C=O) groups excluding carboxylic acids is 1. The maximum Gasteiger partial charge on any atom is 0.329 e. The zero-order valence-corrected chi connectivity index (χ0v) is 11.2. The fourth-order valence-electron chi connectivity index (χ4n) is 2.01. The SMILES string of the molecule is O=C(CCn1cncn1)NC1(C(=O)O)CCSCC1. The lowest BCUT2D eigenvalue weighted by Crippen LogP contribution is -2.56. The summed E-state index contributed by atoms with van der Waals surface area (Å²) < 4.78 is 1.55. The summed E-state index contributed by atoms with van der Waals surface area (Å²) in [6, 6.07) is 0. The van der Waals surface area contributed by atoms with Crippen molar-refractivity contribution in [1.29, 1.82) is 0 Å². The number of carboxylic acids is 1. The van der Waals surface area contributed by atoms with Gasteiger partial charge in [0.2, 0.25) is 5.91 Å². The van der Waals surface area contributed by atoms with Gasteiger partial charge in [0.05, 0.1) is 6.54 Å². The molecule has 0 saturated carbocycles. The highest BCUT2D eigenvalue weighted by Crippen LogP contribution is 2.27. The van der Waals surface area contributed by atoms with Crippen LogP contribution in [0.25, 0.3) is 0 Å². The van der Waals surface area contributed by atoms with Gasteiger partial charge in [0.25, 0.3) is 0 Å². The Kier molecular flexibility index (Phi) is 4.41. The molecule has 1 fully saturated rings. The quantitative estimate of drug-likeness (QED) is 0.798. The van der Waals surface area contributed by atoms with Crippen molar-refractivity contribution in [3.8, 4) is 0 Å². The number of nitrogens with one attached hydrogen (secondary N) is 1. The van der Waals surface area contributed by atoms with E-state index in [-0.39, 0.29) is 12.3 Å². The van der Waals surface area contributed by atoms with Crippen molar-refractivity contribution in [2.45, 2.75) is 31.3 Å². The Hall–Kier alpha value is -1.57. The Bertz CT molecular complexity index is 443. The van der Waals surface area contributed by atoms with Gasteiger partial charge in [0, 0.05) is 6.42 Å². The molecule has 2 heterocycles. The second-order valence-electron chi connectivity index (χ2n) is 4.46. The van der Waals surface area contributed by atoms with Crippen molar-refractivity contribution in [1.82, 2.24) is 20.1 Å². The van der Waals surface area contributed by atoms with Crippen molar-refractivity contribution in [3.05, 3.63) is 12.7 Å². The molecular weight excluding hydrogens is 268 g/mol. The predicted octanol–water partition coefficient (Wildman–Crippen LogP) is 0.135. The highest BCUT2D eigenvalue weighted by Gasteiger charge is 2.41. The lowest BCUT2D eigenvalue weighted by molar-refractivity contribution is -0.148. The molecule has 19 heavy (non-hydrogen) atoms. The fraction of sp³-hybridized carbons (Fsp3) is 0.636. The number of thioether (sulfide) groups is 1. The first-order chi connectivity index (χ1) is 9.12. The summed E-state index contributed by atoms with van der Waals surface area (Å²) >= 11 is 1.72. The summed E-state index contributed by atoms with van der Waals surface area (Å²) in [6.07, 6.45) is 4.07. The summed E-state index contributed by atoms with van der Waals surface area (Å²) in [4.78, 5) is 27.0. The third kappa shape index (κ3) is 3.46. The second-order valence-corrected chi connectivity index (χ2v) is 5.68. The van der Waals surface area contributed by atoms with Gasteiger partial charge < -0.3 is 10.4 Å². The van der Waals surface area contributed by atoms with E-state index in [1.807, 2.05) is 0 Å². The molecule has 104 valence electrons. The molecule has 1 aliphatic heterocycles. The zero-order chi connectivity index (χ0) is 13.7. The molecule has 0 bridgehead atoms. The summed E-state index contributed by atoms with van der Waals surface area (Å²) in [5.41, 5.74) is -1.09. The van der Waals surface area contributed by atoms with E-state index in [1.165, 1.54) is 12.7 Å². The molecule has 0 radical (unpaired) electrons. The second kappa shape index (κ2) is 6.05. The van der Waals surface area contributed by atoms with Crippen LogP contribution in [0.15, 0.2) is 12.7 Å². The summed E-state index contributed by atoms with van der Waals surface area (Å²) in [6.45, 7) is 0.399. The number of aromatic nitrogens is 3. The monoisotopic (exact) mass is 284 g/mol. The molecule has 0 aliphatic carbocycles. The number of rotatable bonds is 5. The Morgan fingerprint density at radius 1 is 1.42 bits per heavy atom. The van der Waals surface area contributed by atoms with Crippen LogP contribution in [0.2, 0.25) is 0 Å². The van der Waals surface area contributed by atoms with Gasteiger partial charge in [-0.3, -0.25) is 9.48 Å². The van der Waals surface area contributed by atoms with E-state index < -0.39 is 11.5 Å². The first kappa shape index (κ1) is 13.9. The van der Waals surface area contributed by atoms with Crippen LogP contribution in [0.5, 0.6) is 0 Å². The number of nitrogens with zero attached hydrogens (tertiary/aromatic N) is 3. The largest absolute Gasteiger partial charge is 0.480 e. The van der Waals surface area contributed by atoms with Crippen LogP contribution in [-0.2, 0) is 16.1 Å². The molecule has 2 rings (SSSR count). The molecule has 2 N–H and O–H groups in total. The highest BCUT2D eigenvalue weighted by atomic mass is 32.2. The Balaban J connectivity index is 1.90. The molecule has 1 aromatic heterocycles. The Morgan fingerprint density at radius 2 is 2.16 bits per heavy atom. The molecule has 7 nitrogen and oxygen atoms in total. The molecule has 0 unspecified atom stereocenters. The van der Waals surface area contributed by atoms with E-state index in [1.54, 1.807) is 16.4 Å². The van der Waals surface area contributed by atoms with Crippen molar-refractivity contribution in [2.75, 3.05) is 11.5 Å². The number of amides is 1. The van der Waals surface area contributed by atoms with Gasteiger partial charge in [-0.15, -0.1) is 0 Å². The average Bonchev–Trinajstić information content (AvgIpc) is 2.90. The van der Waals surface area contributed by atoms with E-state index in [4.69, 9.17) is 0 Å². The molecule has 8 heteroatoms. The smallest absolute Gasteiger partial charge is 0.329 e. The van der Waals surface area contributed by atoms with Crippen LogP contribution < -0.4 is 5.32 Å². The topological polar surface area (TPSA) is 97.1 Å². The number of carboxylic acid groups (broad SMARTS) is 1. The number of carbonyl (C=O) groups is 2. The van der Waals surface area contributed by atoms with Crippen LogP contribution in [0.4, 0.5) is 0 Å². The zero-order valence-electron chi connectivity index (χ0n) is 10.4. The minimum Gasteiger partial charge on any atom is -0.480 e. The minimum absolute atomic E-state index is 0.200. The van der Waals surface area contributed by atoms with Crippen molar-refractivity contribution >= 4 is 23.6 Å². The summed E-state index contributed by atoms with van der Waals surface area (Å²) in [5.74, 6) is 0.317. The van der Waals surface area contributed by atoms with Gasteiger partial charge in [-0.2, -0.15) is 16.9 Å². The van der Waals surface area contributed by atoms with Crippen LogP contribution in [0, 0.1) is 0 Å². The van der Waals surface area contributed by atoms with Crippen LogP contribution in [-0.4, -0.2) is 48.8 Å². The standard InChI is InChI=1S/C11H16N4O3S/c16-9(1-4-15-8-12-7-13-15)14-11(10(17)18)2-5-19-6-3-11/h7-8H,1-6H2,(H,14,16)(H,17,18). The third-order valence-electron chi connectivity index (χ3n) is 3.17. The minimum atomic E-state index is -1.09. The average molecular weight is 284 g/mol. The number of aliphatic carboxylic acids is 1. The van der Waals surface area contributed by atoms with Crippen molar-refractivity contribution in [3.63, 3.8) is 0 Å². The molecule has 1 saturated heterocycles. The van der Waals surface area contributed by atoms with E-state index in [0.29, 0.717) is 19.4 Å². The normalized spacial score (nSPS) is 17.9. The number of hydrogen-bond acceptors (Lipinski definition) is 5. The number of aryl methyl sites for hydroxylation is 1. The van der Waals surface area contributed by atoms with Crippen molar-refractivity contribution in [2.24, 2.45) is 0 Å². The maximum absolute atomic E-state index is 11.9. The molecule has 0 atom stereocenters. The molecule has 0 spiro atoms. The maximum atomic E-state index is 11.9. The van der Waals surface area contributed by atoms with Gasteiger partial charge in [0.1, 0.15) is 18.2 Å². The molecule has 1 amide bonds. The van der Waals surface area contributed by atoms with Crippen LogP contribution in [0.1, 0.15) is 19.3 Å². The summed E-state index contributed by atoms with van der Waals surface area (Å²) in [7, 11) is 0. The first-order valence-electron chi connectivity index (χ1n) is 6.07. The van der Waals surface area contributed by atoms with Gasteiger partial charge in [-0.25, -0.2) is 9.78 Å². The highest BCUT2D eigenvalue weighted by molar-refractivity contribution is 7.99. The predicted molar refractivity (Wildman–Crippen MR) is 69.7 cm³/mol. The molecule has 0 aromatic carbocycles. The molecular formula is C11H16N4O3S. The third-order valence-corrected chi connectivity index (χ3v) is 4.15.